The first-order chi connectivity index (χ1) is 13.7. The first kappa shape index (κ1) is 20.2. The van der Waals surface area contributed by atoms with Gasteiger partial charge in [0.05, 0.1) is 19.3 Å². The fourth-order valence-electron chi connectivity index (χ4n) is 3.39. The van der Waals surface area contributed by atoms with Crippen LogP contribution >= 0.6 is 0 Å². The molecular formula is C22H28N2O4. The minimum absolute atomic E-state index is 0.0432. The Morgan fingerprint density at radius 3 is 2.82 bits per heavy atom. The number of hydrogen-bond donors (Lipinski definition) is 2. The highest BCUT2D eigenvalue weighted by atomic mass is 16.5. The van der Waals surface area contributed by atoms with Crippen LogP contribution in [0.1, 0.15) is 29.5 Å². The molecule has 2 aromatic rings. The third-order valence-corrected chi connectivity index (χ3v) is 4.83. The summed E-state index contributed by atoms with van der Waals surface area (Å²) in [6.07, 6.45) is 2.01. The largest absolute Gasteiger partial charge is 0.508 e. The molecule has 0 spiro atoms. The van der Waals surface area contributed by atoms with E-state index in [1.165, 1.54) is 0 Å². The van der Waals surface area contributed by atoms with E-state index in [2.05, 4.69) is 5.32 Å². The van der Waals surface area contributed by atoms with Crippen LogP contribution in [0.3, 0.4) is 0 Å². The summed E-state index contributed by atoms with van der Waals surface area (Å²) in [4.78, 5) is 14.6. The lowest BCUT2D eigenvalue weighted by molar-refractivity contribution is 0.0792. The van der Waals surface area contributed by atoms with E-state index in [9.17, 15) is 9.90 Å². The molecule has 0 aromatic heterocycles. The van der Waals surface area contributed by atoms with Gasteiger partial charge < -0.3 is 24.8 Å². The van der Waals surface area contributed by atoms with Crippen LogP contribution in [-0.2, 0) is 29.2 Å². The van der Waals surface area contributed by atoms with Crippen molar-refractivity contribution in [3.05, 3.63) is 65.2 Å². The van der Waals surface area contributed by atoms with Gasteiger partial charge in [0, 0.05) is 32.4 Å². The number of aromatic hydroxyl groups is 1. The van der Waals surface area contributed by atoms with E-state index in [1.54, 1.807) is 24.1 Å². The van der Waals surface area contributed by atoms with Crippen LogP contribution in [0.15, 0.2) is 48.5 Å². The van der Waals surface area contributed by atoms with Crippen molar-refractivity contribution in [2.75, 3.05) is 20.3 Å². The van der Waals surface area contributed by atoms with Gasteiger partial charge >= 0.3 is 6.03 Å². The second-order valence-corrected chi connectivity index (χ2v) is 7.06. The molecule has 1 saturated heterocycles. The molecule has 1 aliphatic rings. The highest BCUT2D eigenvalue weighted by Crippen LogP contribution is 2.20. The van der Waals surface area contributed by atoms with Crippen LogP contribution < -0.4 is 5.32 Å². The van der Waals surface area contributed by atoms with Crippen LogP contribution in [0, 0.1) is 0 Å². The fraction of sp³-hybridized carbons (Fsp3) is 0.409. The normalized spacial score (nSPS) is 16.1. The van der Waals surface area contributed by atoms with E-state index in [4.69, 9.17) is 9.47 Å². The van der Waals surface area contributed by atoms with Crippen LogP contribution in [0.5, 0.6) is 5.75 Å². The lowest BCUT2D eigenvalue weighted by atomic mass is 10.1. The summed E-state index contributed by atoms with van der Waals surface area (Å²) in [7, 11) is 1.66. The predicted octanol–water partition coefficient (Wildman–Crippen LogP) is 3.43. The lowest BCUT2D eigenvalue weighted by Crippen LogP contribution is -2.43. The quantitative estimate of drug-likeness (QED) is 0.732. The summed E-state index contributed by atoms with van der Waals surface area (Å²) in [5.74, 6) is 0.194. The van der Waals surface area contributed by atoms with Crippen molar-refractivity contribution in [1.82, 2.24) is 10.2 Å². The topological polar surface area (TPSA) is 71.0 Å². The van der Waals surface area contributed by atoms with E-state index in [0.29, 0.717) is 26.2 Å². The molecule has 0 bridgehead atoms. The Morgan fingerprint density at radius 2 is 2.07 bits per heavy atom. The monoisotopic (exact) mass is 384 g/mol. The molecule has 1 aliphatic heterocycles. The van der Waals surface area contributed by atoms with Gasteiger partial charge in [0.25, 0.3) is 0 Å². The molecule has 28 heavy (non-hydrogen) atoms. The van der Waals surface area contributed by atoms with Crippen molar-refractivity contribution < 1.29 is 19.4 Å². The van der Waals surface area contributed by atoms with Crippen molar-refractivity contribution >= 4 is 6.03 Å². The van der Waals surface area contributed by atoms with Crippen molar-refractivity contribution in [3.8, 4) is 5.75 Å². The molecule has 0 aliphatic carbocycles. The van der Waals surface area contributed by atoms with Crippen molar-refractivity contribution in [1.29, 1.82) is 0 Å². The number of rotatable bonds is 8. The fourth-order valence-corrected chi connectivity index (χ4v) is 3.39. The average molecular weight is 384 g/mol. The third-order valence-electron chi connectivity index (χ3n) is 4.83. The summed E-state index contributed by atoms with van der Waals surface area (Å²) < 4.78 is 10.9. The van der Waals surface area contributed by atoms with Gasteiger partial charge in [-0.15, -0.1) is 0 Å². The molecule has 3 rings (SSSR count). The Kier molecular flexibility index (Phi) is 7.28. The number of ether oxygens (including phenoxy) is 2. The van der Waals surface area contributed by atoms with Gasteiger partial charge in [-0.3, -0.25) is 0 Å². The number of phenols is 1. The Morgan fingerprint density at radius 1 is 1.25 bits per heavy atom. The third kappa shape index (κ3) is 5.71. The zero-order valence-corrected chi connectivity index (χ0v) is 16.3. The zero-order valence-electron chi connectivity index (χ0n) is 16.3. The molecule has 1 atom stereocenters. The molecular weight excluding hydrogens is 356 g/mol. The molecule has 0 radical (unpaired) electrons. The highest BCUT2D eigenvalue weighted by molar-refractivity contribution is 5.74. The second kappa shape index (κ2) is 10.1. The van der Waals surface area contributed by atoms with Gasteiger partial charge in [-0.25, -0.2) is 4.79 Å². The minimum Gasteiger partial charge on any atom is -0.508 e. The van der Waals surface area contributed by atoms with Crippen LogP contribution in [0.4, 0.5) is 4.79 Å². The van der Waals surface area contributed by atoms with Crippen molar-refractivity contribution in [3.63, 3.8) is 0 Å². The number of urea groups is 1. The Balaban J connectivity index is 1.65. The van der Waals surface area contributed by atoms with Gasteiger partial charge in [0.1, 0.15) is 5.75 Å². The molecule has 1 unspecified atom stereocenters. The number of carbonyl (C=O) groups is 1. The smallest absolute Gasteiger partial charge is 0.318 e. The van der Waals surface area contributed by atoms with Gasteiger partial charge in [0.2, 0.25) is 0 Å². The number of para-hydroxylation sites is 1. The Hall–Kier alpha value is -2.57. The summed E-state index contributed by atoms with van der Waals surface area (Å²) in [5, 5.41) is 13.1. The van der Waals surface area contributed by atoms with E-state index in [-0.39, 0.29) is 17.9 Å². The van der Waals surface area contributed by atoms with E-state index >= 15 is 0 Å². The number of nitrogens with one attached hydrogen (secondary N) is 1. The van der Waals surface area contributed by atoms with Crippen LogP contribution in [0.25, 0.3) is 0 Å². The lowest BCUT2D eigenvalue weighted by Gasteiger charge is -2.26. The first-order valence-corrected chi connectivity index (χ1v) is 9.63. The summed E-state index contributed by atoms with van der Waals surface area (Å²) >= 11 is 0. The number of amides is 2. The average Bonchev–Trinajstić information content (AvgIpc) is 3.21. The number of benzene rings is 2. The Labute approximate surface area is 166 Å². The van der Waals surface area contributed by atoms with Gasteiger partial charge in [-0.2, -0.15) is 0 Å². The number of hydrogen-bond acceptors (Lipinski definition) is 4. The predicted molar refractivity (Wildman–Crippen MR) is 107 cm³/mol. The number of phenolic OH excluding ortho intramolecular Hbond substituents is 1. The molecule has 1 fully saturated rings. The SMILES string of the molecule is COCc1cccc(CNC(=O)N(Cc2ccccc2O)CC2CCCO2)c1. The van der Waals surface area contributed by atoms with Gasteiger partial charge in [0.15, 0.2) is 0 Å². The zero-order chi connectivity index (χ0) is 19.8. The minimum atomic E-state index is -0.170. The summed E-state index contributed by atoms with van der Waals surface area (Å²) in [6.45, 7) is 2.55. The molecule has 1 heterocycles. The molecule has 6 heteroatoms. The second-order valence-electron chi connectivity index (χ2n) is 7.06. The highest BCUT2D eigenvalue weighted by Gasteiger charge is 2.23. The summed E-state index contributed by atoms with van der Waals surface area (Å²) in [5.41, 5.74) is 2.81. The van der Waals surface area contributed by atoms with Gasteiger partial charge in [-0.05, 0) is 30.0 Å². The molecule has 2 amide bonds. The number of methoxy groups -OCH3 is 1. The molecule has 2 aromatic carbocycles. The molecule has 6 nitrogen and oxygen atoms in total. The maximum atomic E-state index is 12.9. The van der Waals surface area contributed by atoms with Gasteiger partial charge in [-0.1, -0.05) is 42.5 Å². The van der Waals surface area contributed by atoms with Crippen molar-refractivity contribution in [2.45, 2.75) is 38.6 Å². The van der Waals surface area contributed by atoms with Crippen molar-refractivity contribution in [2.24, 2.45) is 0 Å². The Bertz CT molecular complexity index is 775. The molecule has 2 N–H and O–H groups in total. The molecule has 150 valence electrons. The first-order valence-electron chi connectivity index (χ1n) is 9.63. The number of nitrogens with zero attached hydrogens (tertiary/aromatic N) is 1. The van der Waals surface area contributed by atoms with Crippen LogP contribution in [-0.4, -0.2) is 42.4 Å². The summed E-state index contributed by atoms with van der Waals surface area (Å²) in [6, 6.07) is 14.9. The molecule has 0 saturated carbocycles. The van der Waals surface area contributed by atoms with Crippen LogP contribution in [0.2, 0.25) is 0 Å². The standard InChI is InChI=1S/C22H28N2O4/c1-27-16-18-7-4-6-17(12-18)13-23-22(26)24(15-20-9-5-11-28-20)14-19-8-2-3-10-21(19)25/h2-4,6-8,10,12,20,25H,5,9,11,13-16H2,1H3,(H,23,26). The maximum Gasteiger partial charge on any atom is 0.318 e. The van der Waals surface area contributed by atoms with E-state index in [0.717, 1.165) is 36.1 Å². The van der Waals surface area contributed by atoms with E-state index < -0.39 is 0 Å². The van der Waals surface area contributed by atoms with E-state index in [1.807, 2.05) is 36.4 Å². The maximum absolute atomic E-state index is 12.9. The number of carbonyl (C=O) groups excluding carboxylic acids is 1.